The number of thioether (sulfide) groups is 2. The molecule has 1 aromatic heterocycles. The molecule has 1 aromatic carbocycles. The summed E-state index contributed by atoms with van der Waals surface area (Å²) in [4.78, 5) is 11.7. The molecule has 3 N–H and O–H groups in total. The first-order valence-electron chi connectivity index (χ1n) is 7.17. The van der Waals surface area contributed by atoms with E-state index in [2.05, 4.69) is 15.5 Å². The number of benzene rings is 1. The molecular weight excluding hydrogens is 375 g/mol. The molecule has 0 aliphatic rings. The van der Waals surface area contributed by atoms with Gasteiger partial charge in [-0.2, -0.15) is 24.9 Å². The lowest BCUT2D eigenvalue weighted by atomic mass is 10.2. The lowest BCUT2D eigenvalue weighted by Gasteiger charge is -2.07. The summed E-state index contributed by atoms with van der Waals surface area (Å²) in [5.74, 6) is 5.18. The number of hydrogen-bond acceptors (Lipinski definition) is 6. The average molecular weight is 391 g/mol. The number of carbonyl (C=O) groups excluding carboxylic acids is 1. The normalized spacial score (nSPS) is 11.5. The van der Waals surface area contributed by atoms with E-state index in [-0.39, 0.29) is 16.8 Å². The Balaban J connectivity index is 1.65. The molecule has 11 heteroatoms. The quantitative estimate of drug-likeness (QED) is 0.407. The van der Waals surface area contributed by atoms with E-state index in [1.165, 1.54) is 5.56 Å². The number of nitrogens with zero attached hydrogens (tertiary/aromatic N) is 3. The van der Waals surface area contributed by atoms with Gasteiger partial charge in [-0.25, -0.2) is 4.68 Å². The predicted molar refractivity (Wildman–Crippen MR) is 91.5 cm³/mol. The smallest absolute Gasteiger partial charge is 0.355 e. The highest BCUT2D eigenvalue weighted by atomic mass is 32.2. The number of hydrogen-bond donors (Lipinski definition) is 2. The number of rotatable bonds is 8. The van der Waals surface area contributed by atoms with Gasteiger partial charge in [0.15, 0.2) is 0 Å². The van der Waals surface area contributed by atoms with E-state index in [1.54, 1.807) is 11.8 Å². The molecule has 0 aliphatic heterocycles. The van der Waals surface area contributed by atoms with Crippen molar-refractivity contribution >= 4 is 29.4 Å². The Morgan fingerprint density at radius 1 is 1.24 bits per heavy atom. The van der Waals surface area contributed by atoms with Crippen LogP contribution in [0.5, 0.6) is 0 Å². The molecule has 0 atom stereocenters. The van der Waals surface area contributed by atoms with Gasteiger partial charge in [-0.05, 0) is 5.56 Å². The molecule has 0 saturated heterocycles. The van der Waals surface area contributed by atoms with E-state index in [0.29, 0.717) is 11.2 Å². The Morgan fingerprint density at radius 2 is 1.96 bits per heavy atom. The number of aromatic nitrogens is 3. The zero-order valence-electron chi connectivity index (χ0n) is 13.0. The molecule has 1 amide bonds. The van der Waals surface area contributed by atoms with Gasteiger partial charge in [-0.3, -0.25) is 4.79 Å². The van der Waals surface area contributed by atoms with E-state index in [4.69, 9.17) is 5.84 Å². The summed E-state index contributed by atoms with van der Waals surface area (Å²) in [6, 6.07) is 9.94. The summed E-state index contributed by atoms with van der Waals surface area (Å²) < 4.78 is 37.9. The fourth-order valence-electron chi connectivity index (χ4n) is 1.78. The topological polar surface area (TPSA) is 85.8 Å². The zero-order valence-corrected chi connectivity index (χ0v) is 14.6. The Hall–Kier alpha value is -1.88. The molecule has 0 bridgehead atoms. The number of carbonyl (C=O) groups is 1. The third-order valence-corrected chi connectivity index (χ3v) is 4.90. The Kier molecular flexibility index (Phi) is 7.00. The largest absolute Gasteiger partial charge is 0.453 e. The number of nitrogen functional groups attached to an aromatic ring is 1. The van der Waals surface area contributed by atoms with Crippen molar-refractivity contribution in [2.24, 2.45) is 0 Å². The predicted octanol–water partition coefficient (Wildman–Crippen LogP) is 2.15. The van der Waals surface area contributed by atoms with E-state index in [0.717, 1.165) is 23.3 Å². The fraction of sp³-hybridized carbons (Fsp3) is 0.357. The number of halogens is 3. The van der Waals surface area contributed by atoms with Crippen molar-refractivity contribution in [3.05, 3.63) is 41.7 Å². The second kappa shape index (κ2) is 8.99. The van der Waals surface area contributed by atoms with Crippen LogP contribution in [0.25, 0.3) is 0 Å². The molecule has 0 aliphatic carbocycles. The third-order valence-electron chi connectivity index (χ3n) is 2.93. The Morgan fingerprint density at radius 3 is 2.60 bits per heavy atom. The summed E-state index contributed by atoms with van der Waals surface area (Å²) >= 11 is 2.48. The molecule has 6 nitrogen and oxygen atoms in total. The van der Waals surface area contributed by atoms with Crippen LogP contribution in [0, 0.1) is 0 Å². The lowest BCUT2D eigenvalue weighted by molar-refractivity contribution is -0.146. The number of alkyl halides is 3. The first-order valence-corrected chi connectivity index (χ1v) is 9.31. The average Bonchev–Trinajstić information content (AvgIpc) is 2.94. The highest BCUT2D eigenvalue weighted by Gasteiger charge is 2.38. The first kappa shape index (κ1) is 19.4. The molecule has 2 aromatic rings. The van der Waals surface area contributed by atoms with Crippen molar-refractivity contribution in [3.63, 3.8) is 0 Å². The monoisotopic (exact) mass is 391 g/mol. The lowest BCUT2D eigenvalue weighted by Crippen LogP contribution is -2.28. The van der Waals surface area contributed by atoms with Crippen LogP contribution in [0.3, 0.4) is 0 Å². The molecule has 0 radical (unpaired) electrons. The number of amides is 1. The van der Waals surface area contributed by atoms with Crippen molar-refractivity contribution in [1.29, 1.82) is 0 Å². The van der Waals surface area contributed by atoms with Crippen LogP contribution in [0.4, 0.5) is 13.2 Å². The second-order valence-corrected chi connectivity index (χ2v) is 6.90. The van der Waals surface area contributed by atoms with Crippen LogP contribution in [0.1, 0.15) is 11.4 Å². The van der Waals surface area contributed by atoms with Gasteiger partial charge in [0, 0.05) is 18.1 Å². The van der Waals surface area contributed by atoms with Crippen molar-refractivity contribution < 1.29 is 18.0 Å². The summed E-state index contributed by atoms with van der Waals surface area (Å²) in [6.07, 6.45) is -4.68. The molecular formula is C14H16F3N5OS2. The van der Waals surface area contributed by atoms with Crippen molar-refractivity contribution in [2.45, 2.75) is 17.1 Å². The van der Waals surface area contributed by atoms with Gasteiger partial charge in [0.1, 0.15) is 0 Å². The molecule has 0 unspecified atom stereocenters. The van der Waals surface area contributed by atoms with E-state index < -0.39 is 12.0 Å². The van der Waals surface area contributed by atoms with Gasteiger partial charge < -0.3 is 11.2 Å². The molecule has 0 saturated carbocycles. The highest BCUT2D eigenvalue weighted by molar-refractivity contribution is 7.99. The minimum Gasteiger partial charge on any atom is -0.355 e. The van der Waals surface area contributed by atoms with Crippen LogP contribution < -0.4 is 11.2 Å². The SMILES string of the molecule is Nn1c(SCC(=O)NCCSCc2ccccc2)nnc1C(F)(F)F. The van der Waals surface area contributed by atoms with Gasteiger partial charge in [-0.15, -0.1) is 10.2 Å². The summed E-state index contributed by atoms with van der Waals surface area (Å²) in [5, 5.41) is 8.86. The maximum absolute atomic E-state index is 12.5. The second-order valence-electron chi connectivity index (χ2n) is 4.85. The van der Waals surface area contributed by atoms with E-state index in [9.17, 15) is 18.0 Å². The Labute approximate surface area is 150 Å². The summed E-state index contributed by atoms with van der Waals surface area (Å²) in [6.45, 7) is 0.472. The van der Waals surface area contributed by atoms with Gasteiger partial charge in [0.05, 0.1) is 5.75 Å². The van der Waals surface area contributed by atoms with Crippen molar-refractivity contribution in [3.8, 4) is 0 Å². The van der Waals surface area contributed by atoms with Crippen molar-refractivity contribution in [2.75, 3.05) is 23.9 Å². The Bertz CT molecular complexity index is 694. The van der Waals surface area contributed by atoms with Gasteiger partial charge in [0.2, 0.25) is 11.1 Å². The third kappa shape index (κ3) is 6.16. The maximum Gasteiger partial charge on any atom is 0.453 e. The molecule has 0 fully saturated rings. The van der Waals surface area contributed by atoms with Crippen LogP contribution in [0.2, 0.25) is 0 Å². The zero-order chi connectivity index (χ0) is 18.3. The fourth-order valence-corrected chi connectivity index (χ4v) is 3.28. The molecule has 2 rings (SSSR count). The molecule has 1 heterocycles. The highest BCUT2D eigenvalue weighted by Crippen LogP contribution is 2.28. The van der Waals surface area contributed by atoms with Crippen LogP contribution >= 0.6 is 23.5 Å². The maximum atomic E-state index is 12.5. The van der Waals surface area contributed by atoms with Crippen LogP contribution in [-0.4, -0.2) is 38.8 Å². The summed E-state index contributed by atoms with van der Waals surface area (Å²) in [7, 11) is 0. The standard InChI is InChI=1S/C14H16F3N5OS2/c15-14(16,17)12-20-21-13(22(12)18)25-9-11(23)19-6-7-24-8-10-4-2-1-3-5-10/h1-5H,6-9,18H2,(H,19,23). The van der Waals surface area contributed by atoms with Crippen LogP contribution in [-0.2, 0) is 16.7 Å². The number of nitrogens with two attached hydrogens (primary N) is 1. The van der Waals surface area contributed by atoms with Gasteiger partial charge in [0.25, 0.3) is 5.82 Å². The first-order chi connectivity index (χ1) is 11.9. The minimum atomic E-state index is -4.68. The van der Waals surface area contributed by atoms with Crippen LogP contribution in [0.15, 0.2) is 35.5 Å². The van der Waals surface area contributed by atoms with Crippen molar-refractivity contribution in [1.82, 2.24) is 20.2 Å². The van der Waals surface area contributed by atoms with E-state index in [1.807, 2.05) is 30.3 Å². The summed E-state index contributed by atoms with van der Waals surface area (Å²) in [5.41, 5.74) is 1.21. The minimum absolute atomic E-state index is 0.0868. The molecule has 25 heavy (non-hydrogen) atoms. The molecule has 136 valence electrons. The van der Waals surface area contributed by atoms with Gasteiger partial charge in [-0.1, -0.05) is 42.1 Å². The van der Waals surface area contributed by atoms with E-state index >= 15 is 0 Å². The van der Waals surface area contributed by atoms with Gasteiger partial charge >= 0.3 is 6.18 Å². The number of nitrogens with one attached hydrogen (secondary N) is 1. The molecule has 0 spiro atoms.